The van der Waals surface area contributed by atoms with Crippen LogP contribution in [0, 0.1) is 0 Å². The largest absolute Gasteiger partial charge is 0.452 e. The van der Waals surface area contributed by atoms with Crippen molar-refractivity contribution in [1.82, 2.24) is 10.2 Å². The molecule has 2 aromatic carbocycles. The summed E-state index contributed by atoms with van der Waals surface area (Å²) in [5, 5.41) is 8.93. The second-order valence-corrected chi connectivity index (χ2v) is 5.81. The standard InChI is InChI=1S/C18H12Cl2N2O3/c19-14-8-5-13(6-9-14)18-22-21-16(25-18)11-24-17(23)10-7-12-3-1-2-4-15(12)20/h1-10H,11H2/b10-7+. The molecule has 3 rings (SSSR count). The lowest BCUT2D eigenvalue weighted by atomic mass is 10.2. The molecular formula is C18H12Cl2N2O3. The van der Waals surface area contributed by atoms with Crippen molar-refractivity contribution >= 4 is 35.2 Å². The zero-order valence-corrected chi connectivity index (χ0v) is 14.4. The van der Waals surface area contributed by atoms with Gasteiger partial charge in [-0.3, -0.25) is 0 Å². The molecule has 0 aliphatic rings. The van der Waals surface area contributed by atoms with Crippen molar-refractivity contribution in [3.63, 3.8) is 0 Å². The van der Waals surface area contributed by atoms with Crippen LogP contribution in [0.15, 0.2) is 59.0 Å². The fraction of sp³-hybridized carbons (Fsp3) is 0.0556. The Kier molecular flexibility index (Phi) is 5.48. The van der Waals surface area contributed by atoms with Crippen LogP contribution in [0.1, 0.15) is 11.5 Å². The summed E-state index contributed by atoms with van der Waals surface area (Å²) in [6, 6.07) is 14.1. The van der Waals surface area contributed by atoms with E-state index in [1.54, 1.807) is 42.5 Å². The topological polar surface area (TPSA) is 65.2 Å². The van der Waals surface area contributed by atoms with Crippen LogP contribution in [-0.2, 0) is 16.1 Å². The molecule has 3 aromatic rings. The summed E-state index contributed by atoms with van der Waals surface area (Å²) < 4.78 is 10.5. The van der Waals surface area contributed by atoms with Crippen molar-refractivity contribution in [2.24, 2.45) is 0 Å². The number of halogens is 2. The van der Waals surface area contributed by atoms with Gasteiger partial charge in [0.15, 0.2) is 6.61 Å². The molecule has 0 aliphatic heterocycles. The van der Waals surface area contributed by atoms with E-state index < -0.39 is 5.97 Å². The predicted molar refractivity (Wildman–Crippen MR) is 95.0 cm³/mol. The normalized spacial score (nSPS) is 11.0. The van der Waals surface area contributed by atoms with Gasteiger partial charge in [-0.1, -0.05) is 41.4 Å². The molecule has 7 heteroatoms. The third kappa shape index (κ3) is 4.68. The van der Waals surface area contributed by atoms with Gasteiger partial charge in [0.2, 0.25) is 5.89 Å². The quantitative estimate of drug-likeness (QED) is 0.473. The first-order valence-electron chi connectivity index (χ1n) is 7.29. The summed E-state index contributed by atoms with van der Waals surface area (Å²) in [4.78, 5) is 11.8. The van der Waals surface area contributed by atoms with Gasteiger partial charge in [0.1, 0.15) is 0 Å². The second-order valence-electron chi connectivity index (χ2n) is 4.97. The zero-order chi connectivity index (χ0) is 17.6. The van der Waals surface area contributed by atoms with Crippen molar-refractivity contribution < 1.29 is 13.9 Å². The Labute approximate surface area is 153 Å². The van der Waals surface area contributed by atoms with Gasteiger partial charge in [-0.2, -0.15) is 0 Å². The number of benzene rings is 2. The minimum absolute atomic E-state index is 0.119. The van der Waals surface area contributed by atoms with E-state index in [-0.39, 0.29) is 12.5 Å². The fourth-order valence-corrected chi connectivity index (χ4v) is 2.29. The Balaban J connectivity index is 1.58. The number of rotatable bonds is 5. The van der Waals surface area contributed by atoms with Gasteiger partial charge in [0.05, 0.1) is 0 Å². The van der Waals surface area contributed by atoms with Crippen LogP contribution in [-0.4, -0.2) is 16.2 Å². The van der Waals surface area contributed by atoms with E-state index in [0.717, 1.165) is 11.1 Å². The van der Waals surface area contributed by atoms with Crippen LogP contribution in [0.2, 0.25) is 10.0 Å². The van der Waals surface area contributed by atoms with Gasteiger partial charge in [0, 0.05) is 21.7 Å². The first-order chi connectivity index (χ1) is 12.1. The highest BCUT2D eigenvalue weighted by Crippen LogP contribution is 2.20. The molecule has 0 bridgehead atoms. The van der Waals surface area contributed by atoms with E-state index in [9.17, 15) is 4.79 Å². The number of carbonyl (C=O) groups excluding carboxylic acids is 1. The van der Waals surface area contributed by atoms with Crippen LogP contribution < -0.4 is 0 Å². The number of esters is 1. The first-order valence-corrected chi connectivity index (χ1v) is 8.05. The molecule has 25 heavy (non-hydrogen) atoms. The smallest absolute Gasteiger partial charge is 0.331 e. The highest BCUT2D eigenvalue weighted by Gasteiger charge is 2.10. The van der Waals surface area contributed by atoms with Gasteiger partial charge < -0.3 is 9.15 Å². The predicted octanol–water partition coefficient (Wildman–Crippen LogP) is 4.80. The zero-order valence-electron chi connectivity index (χ0n) is 12.9. The number of nitrogens with zero attached hydrogens (tertiary/aromatic N) is 2. The molecule has 0 aliphatic carbocycles. The highest BCUT2D eigenvalue weighted by atomic mass is 35.5. The van der Waals surface area contributed by atoms with Crippen LogP contribution >= 0.6 is 23.2 Å². The van der Waals surface area contributed by atoms with Crippen molar-refractivity contribution in [2.45, 2.75) is 6.61 Å². The Morgan fingerprint density at radius 3 is 2.60 bits per heavy atom. The Morgan fingerprint density at radius 2 is 1.84 bits per heavy atom. The van der Waals surface area contributed by atoms with Gasteiger partial charge in [-0.15, -0.1) is 10.2 Å². The molecule has 0 amide bonds. The maximum absolute atomic E-state index is 11.8. The minimum atomic E-state index is -0.536. The average molecular weight is 375 g/mol. The summed E-state index contributed by atoms with van der Waals surface area (Å²) in [6.07, 6.45) is 2.87. The van der Waals surface area contributed by atoms with E-state index in [1.165, 1.54) is 6.08 Å². The molecule has 0 radical (unpaired) electrons. The number of aromatic nitrogens is 2. The molecular weight excluding hydrogens is 363 g/mol. The maximum atomic E-state index is 11.8. The average Bonchev–Trinajstić information content (AvgIpc) is 3.09. The summed E-state index contributed by atoms with van der Waals surface area (Å²) in [7, 11) is 0. The number of carbonyl (C=O) groups is 1. The molecule has 1 heterocycles. The lowest BCUT2D eigenvalue weighted by Gasteiger charge is -1.98. The maximum Gasteiger partial charge on any atom is 0.331 e. The molecule has 0 saturated heterocycles. The molecule has 5 nitrogen and oxygen atoms in total. The number of ether oxygens (including phenoxy) is 1. The Morgan fingerprint density at radius 1 is 1.08 bits per heavy atom. The lowest BCUT2D eigenvalue weighted by molar-refractivity contribution is -0.139. The second kappa shape index (κ2) is 7.96. The molecule has 0 N–H and O–H groups in total. The Hall–Kier alpha value is -2.63. The molecule has 0 fully saturated rings. The first kappa shape index (κ1) is 17.2. The van der Waals surface area contributed by atoms with E-state index >= 15 is 0 Å². The van der Waals surface area contributed by atoms with E-state index in [0.29, 0.717) is 15.9 Å². The summed E-state index contributed by atoms with van der Waals surface area (Å²) >= 11 is 11.8. The minimum Gasteiger partial charge on any atom is -0.452 e. The van der Waals surface area contributed by atoms with Crippen molar-refractivity contribution in [1.29, 1.82) is 0 Å². The van der Waals surface area contributed by atoms with Crippen LogP contribution in [0.25, 0.3) is 17.5 Å². The van der Waals surface area contributed by atoms with E-state index in [1.807, 2.05) is 12.1 Å². The van der Waals surface area contributed by atoms with Crippen LogP contribution in [0.3, 0.4) is 0 Å². The summed E-state index contributed by atoms with van der Waals surface area (Å²) in [5.74, 6) is -0.00932. The Bertz CT molecular complexity index is 905. The highest BCUT2D eigenvalue weighted by molar-refractivity contribution is 6.32. The molecule has 0 spiro atoms. The van der Waals surface area contributed by atoms with Gasteiger partial charge in [-0.05, 0) is 42.0 Å². The molecule has 1 aromatic heterocycles. The van der Waals surface area contributed by atoms with Crippen LogP contribution in [0.5, 0.6) is 0 Å². The molecule has 0 unspecified atom stereocenters. The van der Waals surface area contributed by atoms with Crippen molar-refractivity contribution in [3.8, 4) is 11.5 Å². The molecule has 0 atom stereocenters. The third-order valence-corrected chi connectivity index (χ3v) is 3.80. The van der Waals surface area contributed by atoms with E-state index in [4.69, 9.17) is 32.4 Å². The van der Waals surface area contributed by atoms with Crippen molar-refractivity contribution in [2.75, 3.05) is 0 Å². The van der Waals surface area contributed by atoms with E-state index in [2.05, 4.69) is 10.2 Å². The monoisotopic (exact) mass is 374 g/mol. The summed E-state index contributed by atoms with van der Waals surface area (Å²) in [5.41, 5.74) is 1.46. The number of hydrogen-bond acceptors (Lipinski definition) is 5. The number of hydrogen-bond donors (Lipinski definition) is 0. The third-order valence-electron chi connectivity index (χ3n) is 3.20. The van der Waals surface area contributed by atoms with Crippen LogP contribution in [0.4, 0.5) is 0 Å². The SMILES string of the molecule is O=C(/C=C/c1ccccc1Cl)OCc1nnc(-c2ccc(Cl)cc2)o1. The van der Waals surface area contributed by atoms with Gasteiger partial charge >= 0.3 is 5.97 Å². The van der Waals surface area contributed by atoms with Gasteiger partial charge in [-0.25, -0.2) is 4.79 Å². The lowest BCUT2D eigenvalue weighted by Crippen LogP contribution is -2.00. The van der Waals surface area contributed by atoms with Gasteiger partial charge in [0.25, 0.3) is 5.89 Å². The fourth-order valence-electron chi connectivity index (χ4n) is 1.97. The molecule has 126 valence electrons. The summed E-state index contributed by atoms with van der Waals surface area (Å²) in [6.45, 7) is -0.119. The van der Waals surface area contributed by atoms with Crippen molar-refractivity contribution in [3.05, 3.63) is 76.1 Å². The molecule has 0 saturated carbocycles.